The van der Waals surface area contributed by atoms with Gasteiger partial charge in [-0.3, -0.25) is 9.79 Å². The van der Waals surface area contributed by atoms with Gasteiger partial charge in [0.25, 0.3) is 0 Å². The van der Waals surface area contributed by atoms with Crippen LogP contribution in [0.4, 0.5) is 8.78 Å². The molecule has 1 aromatic rings. The number of carbonyl (C=O) groups is 1. The molecule has 2 rings (SSSR count). The third-order valence-electron chi connectivity index (χ3n) is 5.29. The number of guanidine groups is 1. The highest BCUT2D eigenvalue weighted by Gasteiger charge is 2.26. The minimum absolute atomic E-state index is 0. The summed E-state index contributed by atoms with van der Waals surface area (Å²) in [5.74, 6) is 0.0519. The number of benzene rings is 1. The van der Waals surface area contributed by atoms with Crippen molar-refractivity contribution in [1.82, 2.24) is 20.4 Å². The number of likely N-dealkylation sites (tertiary alicyclic amines) is 1. The van der Waals surface area contributed by atoms with E-state index in [0.717, 1.165) is 25.9 Å². The fourth-order valence-corrected chi connectivity index (χ4v) is 3.61. The second kappa shape index (κ2) is 12.3. The Morgan fingerprint density at radius 3 is 2.34 bits per heavy atom. The average molecular weight is 523 g/mol. The molecule has 1 aromatic carbocycles. The molecule has 1 aliphatic rings. The molecule has 1 aliphatic heterocycles. The Bertz CT molecular complexity index is 673. The Labute approximate surface area is 189 Å². The van der Waals surface area contributed by atoms with E-state index in [0.29, 0.717) is 24.8 Å². The molecular weight excluding hydrogens is 491 g/mol. The first-order valence-electron chi connectivity index (χ1n) is 9.63. The van der Waals surface area contributed by atoms with Crippen LogP contribution in [0.5, 0.6) is 0 Å². The average Bonchev–Trinajstić information content (AvgIpc) is 2.67. The van der Waals surface area contributed by atoms with E-state index in [2.05, 4.69) is 20.5 Å². The number of halogens is 3. The molecule has 0 saturated carbocycles. The second-order valence-corrected chi connectivity index (χ2v) is 7.35. The topological polar surface area (TPSA) is 60.0 Å². The quantitative estimate of drug-likeness (QED) is 0.342. The van der Waals surface area contributed by atoms with Gasteiger partial charge in [-0.25, -0.2) is 8.78 Å². The number of hydrogen-bond donors (Lipinski definition) is 2. The van der Waals surface area contributed by atoms with Crippen LogP contribution in [0, 0.1) is 17.6 Å². The smallest absolute Gasteiger partial charge is 0.220 e. The molecule has 164 valence electrons. The molecule has 6 nitrogen and oxygen atoms in total. The van der Waals surface area contributed by atoms with Crippen molar-refractivity contribution in [3.05, 3.63) is 35.4 Å². The van der Waals surface area contributed by atoms with E-state index in [1.54, 1.807) is 33.1 Å². The zero-order valence-corrected chi connectivity index (χ0v) is 19.9. The molecule has 0 aromatic heterocycles. The number of amides is 1. The zero-order chi connectivity index (χ0) is 20.7. The highest BCUT2D eigenvalue weighted by molar-refractivity contribution is 14.0. The van der Waals surface area contributed by atoms with Gasteiger partial charge in [0.1, 0.15) is 11.6 Å². The second-order valence-electron chi connectivity index (χ2n) is 7.35. The minimum atomic E-state index is -0.550. The third kappa shape index (κ3) is 7.06. The Morgan fingerprint density at radius 1 is 1.28 bits per heavy atom. The summed E-state index contributed by atoms with van der Waals surface area (Å²) in [6, 6.07) is 3.46. The molecule has 0 bridgehead atoms. The molecule has 9 heteroatoms. The number of carbonyl (C=O) groups excluding carboxylic acids is 1. The van der Waals surface area contributed by atoms with Crippen LogP contribution in [0.3, 0.4) is 0 Å². The first-order chi connectivity index (χ1) is 13.4. The van der Waals surface area contributed by atoms with Crippen molar-refractivity contribution < 1.29 is 13.6 Å². The standard InChI is InChI=1S/C20H31F2N5O.HI/c1-23-18(28)12-14-8-10-27(11-9-14)20(24-2)25-13-17(26(3)4)19-15(21)6-5-7-16(19)22;/h5-7,14,17H,8-13H2,1-4H3,(H,23,28)(H,24,25);1H. The van der Waals surface area contributed by atoms with E-state index in [1.165, 1.54) is 18.2 Å². The van der Waals surface area contributed by atoms with Crippen LogP contribution in [0.25, 0.3) is 0 Å². The minimum Gasteiger partial charge on any atom is -0.359 e. The van der Waals surface area contributed by atoms with Crippen molar-refractivity contribution in [3.8, 4) is 0 Å². The molecule has 1 saturated heterocycles. The summed E-state index contributed by atoms with van der Waals surface area (Å²) >= 11 is 0. The predicted molar refractivity (Wildman–Crippen MR) is 123 cm³/mol. The van der Waals surface area contributed by atoms with Crippen LogP contribution in [-0.2, 0) is 4.79 Å². The lowest BCUT2D eigenvalue weighted by Crippen LogP contribution is -2.48. The lowest BCUT2D eigenvalue weighted by Gasteiger charge is -2.35. The lowest BCUT2D eigenvalue weighted by atomic mass is 9.93. The van der Waals surface area contributed by atoms with Gasteiger partial charge in [-0.1, -0.05) is 6.07 Å². The van der Waals surface area contributed by atoms with Gasteiger partial charge in [0.05, 0.1) is 6.04 Å². The molecule has 1 amide bonds. The summed E-state index contributed by atoms with van der Waals surface area (Å²) in [6.07, 6.45) is 2.37. The SMILES string of the molecule is CN=C(NCC(c1c(F)cccc1F)N(C)C)N1CCC(CC(=O)NC)CC1.I. The molecule has 29 heavy (non-hydrogen) atoms. The fourth-order valence-electron chi connectivity index (χ4n) is 3.61. The van der Waals surface area contributed by atoms with Gasteiger partial charge < -0.3 is 20.4 Å². The number of piperidine rings is 1. The number of aliphatic imine (C=N–C) groups is 1. The monoisotopic (exact) mass is 523 g/mol. The maximum Gasteiger partial charge on any atom is 0.220 e. The van der Waals surface area contributed by atoms with Crippen molar-refractivity contribution in [2.24, 2.45) is 10.9 Å². The number of hydrogen-bond acceptors (Lipinski definition) is 3. The molecule has 1 unspecified atom stereocenters. The van der Waals surface area contributed by atoms with E-state index < -0.39 is 17.7 Å². The molecule has 0 radical (unpaired) electrons. The summed E-state index contributed by atoms with van der Waals surface area (Å²) in [5, 5.41) is 5.93. The van der Waals surface area contributed by atoms with E-state index in [4.69, 9.17) is 0 Å². The van der Waals surface area contributed by atoms with Gasteiger partial charge in [-0.05, 0) is 45.0 Å². The van der Waals surface area contributed by atoms with Crippen LogP contribution in [0.1, 0.15) is 30.9 Å². The first-order valence-corrected chi connectivity index (χ1v) is 9.63. The summed E-state index contributed by atoms with van der Waals surface area (Å²) < 4.78 is 28.5. The lowest BCUT2D eigenvalue weighted by molar-refractivity contribution is -0.121. The van der Waals surface area contributed by atoms with Crippen LogP contribution < -0.4 is 10.6 Å². The summed E-state index contributed by atoms with van der Waals surface area (Å²) in [5.41, 5.74) is 0.0553. The Kier molecular flexibility index (Phi) is 10.8. The van der Waals surface area contributed by atoms with Gasteiger partial charge >= 0.3 is 0 Å². The molecule has 1 atom stereocenters. The van der Waals surface area contributed by atoms with E-state index >= 15 is 0 Å². The Balaban J connectivity index is 0.00000420. The van der Waals surface area contributed by atoms with E-state index in [1.807, 2.05) is 0 Å². The maximum absolute atomic E-state index is 14.2. The Hall–Kier alpha value is -1.49. The van der Waals surface area contributed by atoms with Crippen LogP contribution in [0.2, 0.25) is 0 Å². The van der Waals surface area contributed by atoms with E-state index in [-0.39, 0.29) is 35.4 Å². The van der Waals surface area contributed by atoms with Crippen LogP contribution in [-0.4, -0.2) is 69.5 Å². The Morgan fingerprint density at radius 2 is 1.86 bits per heavy atom. The van der Waals surface area contributed by atoms with Gasteiger partial charge in [-0.2, -0.15) is 0 Å². The van der Waals surface area contributed by atoms with Gasteiger partial charge in [0, 0.05) is 45.7 Å². The molecule has 0 aliphatic carbocycles. The summed E-state index contributed by atoms with van der Waals surface area (Å²) in [4.78, 5) is 19.8. The molecule has 2 N–H and O–H groups in total. The zero-order valence-electron chi connectivity index (χ0n) is 17.5. The van der Waals surface area contributed by atoms with Gasteiger partial charge in [0.2, 0.25) is 5.91 Å². The normalized spacial score (nSPS) is 16.4. The largest absolute Gasteiger partial charge is 0.359 e. The first kappa shape index (κ1) is 25.5. The van der Waals surface area contributed by atoms with Crippen molar-refractivity contribution in [1.29, 1.82) is 0 Å². The van der Waals surface area contributed by atoms with Gasteiger partial charge in [0.15, 0.2) is 5.96 Å². The molecule has 0 spiro atoms. The molecular formula is C20H32F2IN5O. The van der Waals surface area contributed by atoms with Crippen LogP contribution in [0.15, 0.2) is 23.2 Å². The van der Waals surface area contributed by atoms with Gasteiger partial charge in [-0.15, -0.1) is 24.0 Å². The number of nitrogens with zero attached hydrogens (tertiary/aromatic N) is 3. The van der Waals surface area contributed by atoms with Crippen molar-refractivity contribution in [3.63, 3.8) is 0 Å². The molecule has 1 fully saturated rings. The predicted octanol–water partition coefficient (Wildman–Crippen LogP) is 2.61. The summed E-state index contributed by atoms with van der Waals surface area (Å²) in [6.45, 7) is 1.92. The number of rotatable bonds is 6. The van der Waals surface area contributed by atoms with Crippen molar-refractivity contribution >= 4 is 35.8 Å². The molecule has 1 heterocycles. The highest BCUT2D eigenvalue weighted by atomic mass is 127. The van der Waals surface area contributed by atoms with Crippen molar-refractivity contribution in [2.45, 2.75) is 25.3 Å². The maximum atomic E-state index is 14.2. The van der Waals surface area contributed by atoms with Crippen molar-refractivity contribution in [2.75, 3.05) is 47.8 Å². The summed E-state index contributed by atoms with van der Waals surface area (Å²) in [7, 11) is 6.95. The number of likely N-dealkylation sites (N-methyl/N-ethyl adjacent to an activating group) is 1. The van der Waals surface area contributed by atoms with E-state index in [9.17, 15) is 13.6 Å². The number of nitrogens with one attached hydrogen (secondary N) is 2. The third-order valence-corrected chi connectivity index (χ3v) is 5.29. The van der Waals surface area contributed by atoms with Crippen LogP contribution >= 0.6 is 24.0 Å². The fraction of sp³-hybridized carbons (Fsp3) is 0.600. The highest BCUT2D eigenvalue weighted by Crippen LogP contribution is 2.24.